The Kier molecular flexibility index (Phi) is 17.9. The standard InChI is InChI=1S/C71H94Cl2O6P2/c1-64(2,3)43-30-44(65(4,5)6)35-51(34-43)80(76,52-36-45(66(7,8)9)31-46(37-52)67(10,11)12)57-28-26-55(72)62(75)60(57)61-58(29-27-56(73)63(61)79-42-59(74)78-25)81(77,53-38-47(68(13,14)15)32-48(39-53)69(16,17)18)54-40-49(70(19,20)21)33-50(41-54)71(22,23)24/h26-41,75H,42H2,1-25H3. The summed E-state index contributed by atoms with van der Waals surface area (Å²) in [5, 5.41) is 16.0. The third-order valence-corrected chi connectivity index (χ3v) is 22.4. The van der Waals surface area contributed by atoms with Gasteiger partial charge in [-0.3, -0.25) is 0 Å². The van der Waals surface area contributed by atoms with Crippen LogP contribution >= 0.6 is 37.5 Å². The summed E-state index contributed by atoms with van der Waals surface area (Å²) in [6.45, 7) is 51.1. The zero-order valence-electron chi connectivity index (χ0n) is 53.6. The average molecular weight is 1180 g/mol. The molecule has 6 nitrogen and oxygen atoms in total. The Balaban J connectivity index is 2.06. The van der Waals surface area contributed by atoms with Gasteiger partial charge in [0, 0.05) is 43.0 Å². The van der Waals surface area contributed by atoms with Crippen molar-refractivity contribution in [2.75, 3.05) is 13.7 Å². The van der Waals surface area contributed by atoms with Crippen molar-refractivity contribution < 1.29 is 28.5 Å². The van der Waals surface area contributed by atoms with Gasteiger partial charge in [-0.1, -0.05) is 214 Å². The first-order chi connectivity index (χ1) is 36.5. The number of ether oxygens (including phenoxy) is 2. The predicted molar refractivity (Wildman–Crippen MR) is 349 cm³/mol. The topological polar surface area (TPSA) is 89.9 Å². The number of phenolic OH excluding ortho intramolecular Hbond substituents is 1. The third-order valence-electron chi connectivity index (χ3n) is 15.7. The number of hydrogen-bond acceptors (Lipinski definition) is 6. The van der Waals surface area contributed by atoms with Crippen molar-refractivity contribution in [1.82, 2.24) is 0 Å². The molecule has 0 unspecified atom stereocenters. The summed E-state index contributed by atoms with van der Waals surface area (Å²) in [5.41, 5.74) is 4.78. The smallest absolute Gasteiger partial charge is 0.343 e. The summed E-state index contributed by atoms with van der Waals surface area (Å²) in [6.07, 6.45) is 0. The van der Waals surface area contributed by atoms with Crippen LogP contribution in [-0.2, 0) is 62.0 Å². The van der Waals surface area contributed by atoms with E-state index in [1.54, 1.807) is 24.3 Å². The average Bonchev–Trinajstić information content (AvgIpc) is 3.33. The van der Waals surface area contributed by atoms with Crippen molar-refractivity contribution in [2.45, 2.75) is 209 Å². The van der Waals surface area contributed by atoms with Crippen LogP contribution in [0.5, 0.6) is 11.5 Å². The van der Waals surface area contributed by atoms with Crippen LogP contribution in [0.3, 0.4) is 0 Å². The quantitative estimate of drug-likeness (QED) is 0.109. The van der Waals surface area contributed by atoms with Crippen LogP contribution in [0.1, 0.15) is 211 Å². The van der Waals surface area contributed by atoms with Crippen LogP contribution in [0.15, 0.2) is 97.1 Å². The zero-order valence-corrected chi connectivity index (χ0v) is 56.9. The first-order valence-corrected chi connectivity index (χ1v) is 32.6. The molecule has 0 aliphatic carbocycles. The number of halogens is 2. The fraction of sp³-hybridized carbons (Fsp3) is 0.479. The van der Waals surface area contributed by atoms with Crippen LogP contribution in [0.25, 0.3) is 11.1 Å². The molecule has 0 spiro atoms. The molecule has 438 valence electrons. The van der Waals surface area contributed by atoms with Crippen molar-refractivity contribution in [1.29, 1.82) is 0 Å². The molecule has 0 aromatic heterocycles. The Hall–Kier alpha value is -4.57. The van der Waals surface area contributed by atoms with Gasteiger partial charge in [0.2, 0.25) is 0 Å². The highest BCUT2D eigenvalue weighted by molar-refractivity contribution is 7.86. The summed E-state index contributed by atoms with van der Waals surface area (Å²) < 4.78 is 48.8. The van der Waals surface area contributed by atoms with Gasteiger partial charge in [0.05, 0.1) is 17.2 Å². The van der Waals surface area contributed by atoms with Gasteiger partial charge in [0.15, 0.2) is 20.9 Å². The monoisotopic (exact) mass is 1170 g/mol. The molecule has 0 saturated carbocycles. The maximum absolute atomic E-state index is 18.5. The summed E-state index contributed by atoms with van der Waals surface area (Å²) in [4.78, 5) is 13.4. The van der Waals surface area contributed by atoms with Gasteiger partial charge in [-0.25, -0.2) is 4.79 Å². The summed E-state index contributed by atoms with van der Waals surface area (Å²) in [7, 11) is -7.39. The lowest BCUT2D eigenvalue weighted by molar-refractivity contribution is -0.142. The Labute approximate surface area is 498 Å². The molecule has 0 fully saturated rings. The van der Waals surface area contributed by atoms with Gasteiger partial charge in [-0.05, 0) is 161 Å². The predicted octanol–water partition coefficient (Wildman–Crippen LogP) is 17.6. The van der Waals surface area contributed by atoms with Crippen LogP contribution in [-0.4, -0.2) is 24.8 Å². The molecule has 0 bridgehead atoms. The molecule has 1 N–H and O–H groups in total. The van der Waals surface area contributed by atoms with Gasteiger partial charge in [-0.15, -0.1) is 0 Å². The molecule has 81 heavy (non-hydrogen) atoms. The van der Waals surface area contributed by atoms with Crippen LogP contribution in [0, 0.1) is 0 Å². The molecule has 0 radical (unpaired) electrons. The van der Waals surface area contributed by atoms with E-state index in [0.29, 0.717) is 21.2 Å². The first kappa shape index (κ1) is 65.6. The molecule has 6 aromatic rings. The SMILES string of the molecule is COC(=O)COc1c(Cl)ccc(P(=O)(c2cc(C(C)(C)C)cc(C(C)(C)C)c2)c2cc(C(C)(C)C)cc(C(C)(C)C)c2)c1-c1c(P(=O)(c2cc(C(C)(C)C)cc(C(C)(C)C)c2)c2cc(C(C)(C)C)cc(C(C)(C)C)c2)ccc(Cl)c1O. The van der Waals surface area contributed by atoms with E-state index in [9.17, 15) is 9.90 Å². The highest BCUT2D eigenvalue weighted by Gasteiger charge is 2.44. The Morgan fingerprint density at radius 1 is 0.395 bits per heavy atom. The molecule has 10 heteroatoms. The Bertz CT molecular complexity index is 3200. The highest BCUT2D eigenvalue weighted by Crippen LogP contribution is 2.57. The molecular weight excluding hydrogens is 1080 g/mol. The number of phenols is 1. The fourth-order valence-electron chi connectivity index (χ4n) is 9.94. The molecule has 0 aliphatic heterocycles. The van der Waals surface area contributed by atoms with Crippen molar-refractivity contribution in [3.8, 4) is 22.6 Å². The number of carbonyl (C=O) groups excluding carboxylic acids is 1. The number of rotatable bonds is 10. The molecule has 0 amide bonds. The van der Waals surface area contributed by atoms with Crippen LogP contribution < -0.4 is 36.6 Å². The van der Waals surface area contributed by atoms with E-state index >= 15 is 9.13 Å². The minimum atomic E-state index is -4.34. The van der Waals surface area contributed by atoms with Crippen LogP contribution in [0.4, 0.5) is 0 Å². The van der Waals surface area contributed by atoms with Crippen LogP contribution in [0.2, 0.25) is 10.0 Å². The molecule has 0 heterocycles. The zero-order chi connectivity index (χ0) is 61.6. The number of carbonyl (C=O) groups is 1. The number of esters is 1. The van der Waals surface area contributed by atoms with Gasteiger partial charge in [0.1, 0.15) is 11.5 Å². The molecule has 6 rings (SSSR count). The minimum absolute atomic E-state index is 0.0198. The van der Waals surface area contributed by atoms with Crippen molar-refractivity contribution in [3.63, 3.8) is 0 Å². The van der Waals surface area contributed by atoms with Gasteiger partial charge in [-0.2, -0.15) is 0 Å². The van der Waals surface area contributed by atoms with E-state index in [0.717, 1.165) is 44.5 Å². The number of hydrogen-bond donors (Lipinski definition) is 1. The second-order valence-corrected chi connectivity index (χ2v) is 37.0. The van der Waals surface area contributed by atoms with Gasteiger partial charge < -0.3 is 23.7 Å². The van der Waals surface area contributed by atoms with Gasteiger partial charge >= 0.3 is 5.97 Å². The summed E-state index contributed by atoms with van der Waals surface area (Å²) >= 11 is 14.8. The number of benzene rings is 6. The highest BCUT2D eigenvalue weighted by atomic mass is 35.5. The summed E-state index contributed by atoms with van der Waals surface area (Å²) in [5.74, 6) is -1.18. The van der Waals surface area contributed by atoms with Crippen molar-refractivity contribution in [2.24, 2.45) is 0 Å². The van der Waals surface area contributed by atoms with Gasteiger partial charge in [0.25, 0.3) is 0 Å². The molecule has 0 saturated heterocycles. The molecule has 0 atom stereocenters. The molecular formula is C71H94Cl2O6P2. The molecule has 6 aromatic carbocycles. The maximum Gasteiger partial charge on any atom is 0.343 e. The summed E-state index contributed by atoms with van der Waals surface area (Å²) in [6, 6.07) is 32.0. The van der Waals surface area contributed by atoms with Crippen molar-refractivity contribution >= 4 is 75.3 Å². The lowest BCUT2D eigenvalue weighted by Gasteiger charge is -2.34. The van der Waals surface area contributed by atoms with Crippen molar-refractivity contribution in [3.05, 3.63) is 152 Å². The second-order valence-electron chi connectivity index (χ2n) is 30.7. The van der Waals surface area contributed by atoms with E-state index in [1.807, 2.05) is 0 Å². The number of methoxy groups -OCH3 is 1. The maximum atomic E-state index is 18.5. The minimum Gasteiger partial charge on any atom is -0.506 e. The largest absolute Gasteiger partial charge is 0.506 e. The number of aromatic hydroxyl groups is 1. The fourth-order valence-corrected chi connectivity index (χ4v) is 16.2. The molecule has 0 aliphatic rings. The van der Waals surface area contributed by atoms with E-state index in [-0.39, 0.29) is 37.5 Å². The van der Waals surface area contributed by atoms with E-state index in [2.05, 4.69) is 239 Å². The lowest BCUT2D eigenvalue weighted by Crippen LogP contribution is -2.34. The Morgan fingerprint density at radius 3 is 0.864 bits per heavy atom. The van der Waals surface area contributed by atoms with E-state index < -0.39 is 75.9 Å². The van der Waals surface area contributed by atoms with E-state index in [4.69, 9.17) is 32.7 Å². The third kappa shape index (κ3) is 13.7. The lowest BCUT2D eigenvalue weighted by atomic mass is 9.81. The van der Waals surface area contributed by atoms with E-state index in [1.165, 1.54) is 7.11 Å². The first-order valence-electron chi connectivity index (χ1n) is 28.5. The normalized spacial score (nSPS) is 13.6. The second kappa shape index (κ2) is 22.1. The Morgan fingerprint density at radius 2 is 0.630 bits per heavy atom.